The Bertz CT molecular complexity index is 801. The van der Waals surface area contributed by atoms with Crippen LogP contribution in [-0.2, 0) is 12.1 Å². The van der Waals surface area contributed by atoms with Crippen LogP contribution in [0.25, 0.3) is 0 Å². The minimum atomic E-state index is -0.149. The minimum Gasteiger partial charge on any atom is -0.373 e. The van der Waals surface area contributed by atoms with E-state index in [1.807, 2.05) is 27.8 Å². The molecular formula is C21H30N4O. The molecule has 1 amide bonds. The second-order valence-electron chi connectivity index (χ2n) is 8.47. The molecule has 1 aromatic heterocycles. The van der Waals surface area contributed by atoms with Crippen molar-refractivity contribution in [3.8, 4) is 0 Å². The number of amides is 1. The summed E-state index contributed by atoms with van der Waals surface area (Å²) < 4.78 is 2.00. The largest absolute Gasteiger partial charge is 0.373 e. The van der Waals surface area contributed by atoms with E-state index in [9.17, 15) is 4.79 Å². The summed E-state index contributed by atoms with van der Waals surface area (Å²) in [5.74, 6) is 0.333. The Labute approximate surface area is 156 Å². The Morgan fingerprint density at radius 2 is 1.85 bits per heavy atom. The predicted molar refractivity (Wildman–Crippen MR) is 106 cm³/mol. The molecule has 140 valence electrons. The Morgan fingerprint density at radius 1 is 1.15 bits per heavy atom. The third kappa shape index (κ3) is 3.48. The summed E-state index contributed by atoms with van der Waals surface area (Å²) in [5, 5.41) is 4.70. The number of hydrogen-bond acceptors (Lipinski definition) is 3. The quantitative estimate of drug-likeness (QED) is 0.822. The van der Waals surface area contributed by atoms with Crippen molar-refractivity contribution < 1.29 is 4.79 Å². The van der Waals surface area contributed by atoms with Crippen molar-refractivity contribution in [2.45, 2.75) is 52.6 Å². The number of hydrogen-bond donors (Lipinski definition) is 0. The maximum Gasteiger partial charge on any atom is 0.274 e. The van der Waals surface area contributed by atoms with Gasteiger partial charge < -0.3 is 9.80 Å². The molecular weight excluding hydrogens is 324 g/mol. The smallest absolute Gasteiger partial charge is 0.274 e. The number of carbonyl (C=O) groups excluding carboxylic acids is 1. The molecule has 26 heavy (non-hydrogen) atoms. The molecule has 1 aliphatic heterocycles. The topological polar surface area (TPSA) is 41.4 Å². The fourth-order valence-electron chi connectivity index (χ4n) is 3.48. The van der Waals surface area contributed by atoms with E-state index in [2.05, 4.69) is 58.7 Å². The molecule has 1 aliphatic rings. The zero-order chi connectivity index (χ0) is 19.1. The molecule has 0 radical (unpaired) electrons. The highest BCUT2D eigenvalue weighted by atomic mass is 16.2. The first-order valence-electron chi connectivity index (χ1n) is 9.37. The van der Waals surface area contributed by atoms with Crippen LogP contribution in [0.3, 0.4) is 0 Å². The fraction of sp³-hybridized carbons (Fsp3) is 0.524. The van der Waals surface area contributed by atoms with Gasteiger partial charge in [-0.2, -0.15) is 5.10 Å². The molecule has 5 heteroatoms. The van der Waals surface area contributed by atoms with Crippen LogP contribution in [0.2, 0.25) is 0 Å². The molecule has 0 aliphatic carbocycles. The monoisotopic (exact) mass is 354 g/mol. The van der Waals surface area contributed by atoms with Crippen molar-refractivity contribution in [2.75, 3.05) is 25.0 Å². The van der Waals surface area contributed by atoms with E-state index < -0.39 is 0 Å². The van der Waals surface area contributed by atoms with Gasteiger partial charge in [0.2, 0.25) is 0 Å². The van der Waals surface area contributed by atoms with Crippen molar-refractivity contribution in [1.82, 2.24) is 14.7 Å². The van der Waals surface area contributed by atoms with Gasteiger partial charge in [-0.25, -0.2) is 0 Å². The van der Waals surface area contributed by atoms with Crippen LogP contribution in [0, 0.1) is 0 Å². The summed E-state index contributed by atoms with van der Waals surface area (Å²) in [5.41, 5.74) is 3.88. The lowest BCUT2D eigenvalue weighted by atomic mass is 10.1. The van der Waals surface area contributed by atoms with E-state index in [0.717, 1.165) is 12.2 Å². The van der Waals surface area contributed by atoms with Gasteiger partial charge in [0, 0.05) is 38.1 Å². The molecule has 0 N–H and O–H groups in total. The maximum absolute atomic E-state index is 13.2. The third-order valence-electron chi connectivity index (χ3n) is 4.94. The number of anilines is 1. The van der Waals surface area contributed by atoms with Crippen LogP contribution in [0.15, 0.2) is 30.3 Å². The van der Waals surface area contributed by atoms with Crippen LogP contribution in [-0.4, -0.2) is 40.7 Å². The van der Waals surface area contributed by atoms with E-state index in [0.29, 0.717) is 24.7 Å². The van der Waals surface area contributed by atoms with Gasteiger partial charge in [-0.1, -0.05) is 32.0 Å². The van der Waals surface area contributed by atoms with Gasteiger partial charge in [0.25, 0.3) is 5.91 Å². The number of rotatable bonds is 2. The summed E-state index contributed by atoms with van der Waals surface area (Å²) in [6.45, 7) is 12.8. The molecule has 0 spiro atoms. The number of likely N-dealkylation sites (N-methyl/N-ethyl adjacent to an activating group) is 1. The number of benzene rings is 1. The summed E-state index contributed by atoms with van der Waals surface area (Å²) >= 11 is 0. The molecule has 2 aromatic rings. The average molecular weight is 354 g/mol. The Morgan fingerprint density at radius 3 is 2.46 bits per heavy atom. The van der Waals surface area contributed by atoms with Crippen molar-refractivity contribution in [2.24, 2.45) is 0 Å². The first kappa shape index (κ1) is 18.5. The van der Waals surface area contributed by atoms with Crippen LogP contribution < -0.4 is 4.90 Å². The SMILES string of the molecule is CC(C)c1cc(C(=O)N2CCN(C)c3ccccc3C2)nn1C(C)(C)C. The van der Waals surface area contributed by atoms with Gasteiger partial charge in [0.15, 0.2) is 5.69 Å². The number of fused-ring (bicyclic) bond motifs is 1. The lowest BCUT2D eigenvalue weighted by Gasteiger charge is -2.24. The summed E-state index contributed by atoms with van der Waals surface area (Å²) in [7, 11) is 2.08. The van der Waals surface area contributed by atoms with Gasteiger partial charge in [-0.05, 0) is 44.4 Å². The third-order valence-corrected chi connectivity index (χ3v) is 4.94. The standard InChI is InChI=1S/C21H30N4O/c1-15(2)19-13-17(22-25(19)21(3,4)5)20(26)24-12-11-23(6)18-10-8-7-9-16(18)14-24/h7-10,13,15H,11-12,14H2,1-6H3. The molecule has 5 nitrogen and oxygen atoms in total. The summed E-state index contributed by atoms with van der Waals surface area (Å²) in [6.07, 6.45) is 0. The zero-order valence-corrected chi connectivity index (χ0v) is 16.8. The van der Waals surface area contributed by atoms with Crippen molar-refractivity contribution in [3.63, 3.8) is 0 Å². The molecule has 1 aromatic carbocycles. The highest BCUT2D eigenvalue weighted by Gasteiger charge is 2.27. The molecule has 0 saturated heterocycles. The summed E-state index contributed by atoms with van der Waals surface area (Å²) in [6, 6.07) is 10.3. The first-order valence-corrected chi connectivity index (χ1v) is 9.37. The molecule has 0 unspecified atom stereocenters. The second-order valence-corrected chi connectivity index (χ2v) is 8.47. The van der Waals surface area contributed by atoms with Crippen LogP contribution in [0.5, 0.6) is 0 Å². The Balaban J connectivity index is 1.93. The van der Waals surface area contributed by atoms with Crippen molar-refractivity contribution >= 4 is 11.6 Å². The van der Waals surface area contributed by atoms with Crippen molar-refractivity contribution in [1.29, 1.82) is 0 Å². The van der Waals surface area contributed by atoms with E-state index in [1.165, 1.54) is 11.3 Å². The van der Waals surface area contributed by atoms with Gasteiger partial charge >= 0.3 is 0 Å². The Kier molecular flexibility index (Phi) is 4.82. The highest BCUT2D eigenvalue weighted by Crippen LogP contribution is 2.27. The number of para-hydroxylation sites is 1. The highest BCUT2D eigenvalue weighted by molar-refractivity contribution is 5.92. The fourth-order valence-corrected chi connectivity index (χ4v) is 3.48. The van der Waals surface area contributed by atoms with E-state index in [1.54, 1.807) is 0 Å². The molecule has 3 rings (SSSR count). The number of nitrogens with zero attached hydrogens (tertiary/aromatic N) is 4. The van der Waals surface area contributed by atoms with Gasteiger partial charge in [-0.3, -0.25) is 9.48 Å². The average Bonchev–Trinajstić information content (AvgIpc) is 2.97. The van der Waals surface area contributed by atoms with E-state index >= 15 is 0 Å². The van der Waals surface area contributed by atoms with Gasteiger partial charge in [0.1, 0.15) is 0 Å². The lowest BCUT2D eigenvalue weighted by Crippen LogP contribution is -2.35. The molecule has 0 bridgehead atoms. The zero-order valence-electron chi connectivity index (χ0n) is 16.8. The first-order chi connectivity index (χ1) is 12.2. The van der Waals surface area contributed by atoms with Crippen LogP contribution in [0.4, 0.5) is 5.69 Å². The molecule has 2 heterocycles. The minimum absolute atomic E-state index is 0.0139. The van der Waals surface area contributed by atoms with E-state index in [4.69, 9.17) is 5.10 Å². The van der Waals surface area contributed by atoms with Crippen molar-refractivity contribution in [3.05, 3.63) is 47.3 Å². The van der Waals surface area contributed by atoms with E-state index in [-0.39, 0.29) is 11.4 Å². The van der Waals surface area contributed by atoms with Crippen LogP contribution >= 0.6 is 0 Å². The Hall–Kier alpha value is -2.30. The van der Waals surface area contributed by atoms with Gasteiger partial charge in [-0.15, -0.1) is 0 Å². The molecule has 0 atom stereocenters. The normalized spacial score (nSPS) is 15.2. The van der Waals surface area contributed by atoms with Crippen LogP contribution in [0.1, 0.15) is 62.3 Å². The predicted octanol–water partition coefficient (Wildman–Crippen LogP) is 3.85. The maximum atomic E-state index is 13.2. The number of carbonyl (C=O) groups is 1. The second kappa shape index (κ2) is 6.78. The van der Waals surface area contributed by atoms with Gasteiger partial charge in [0.05, 0.1) is 5.54 Å². The number of aromatic nitrogens is 2. The lowest BCUT2D eigenvalue weighted by molar-refractivity contribution is 0.0744. The summed E-state index contributed by atoms with van der Waals surface area (Å²) in [4.78, 5) is 17.4. The molecule has 0 saturated carbocycles. The molecule has 0 fully saturated rings.